The van der Waals surface area contributed by atoms with Crippen LogP contribution < -0.4 is 9.81 Å². The fourth-order valence-electron chi connectivity index (χ4n) is 3.68. The number of Topliss-reactive ketones (excluding diaryl/α,β-unsaturated/α-hetero) is 1. The maximum Gasteiger partial charge on any atom is 0.344 e. The van der Waals surface area contributed by atoms with Crippen molar-refractivity contribution >= 4 is 38.2 Å². The van der Waals surface area contributed by atoms with E-state index in [1.807, 2.05) is 0 Å². The molecule has 2 atom stereocenters. The third kappa shape index (κ3) is 4.86. The summed E-state index contributed by atoms with van der Waals surface area (Å²) in [4.78, 5) is 25.5. The zero-order chi connectivity index (χ0) is 25.3. The van der Waals surface area contributed by atoms with Gasteiger partial charge in [-0.3, -0.25) is 9.35 Å². The van der Waals surface area contributed by atoms with Gasteiger partial charge < -0.3 is 18.3 Å². The molecule has 0 spiro atoms. The number of aromatic hydroxyl groups is 1. The zero-order valence-electron chi connectivity index (χ0n) is 17.5. The zero-order valence-corrected chi connectivity index (χ0v) is 19.1. The van der Waals surface area contributed by atoms with Gasteiger partial charge in [0.05, 0.1) is 16.9 Å². The highest BCUT2D eigenvalue weighted by atomic mass is 32.2. The van der Waals surface area contributed by atoms with Gasteiger partial charge in [0, 0.05) is 11.6 Å². The largest absolute Gasteiger partial charge is 0.740 e. The van der Waals surface area contributed by atoms with Crippen molar-refractivity contribution in [1.82, 2.24) is 0 Å². The lowest BCUT2D eigenvalue weighted by atomic mass is 9.84. The van der Waals surface area contributed by atoms with Crippen molar-refractivity contribution in [3.05, 3.63) is 99.9 Å². The van der Waals surface area contributed by atoms with E-state index in [0.717, 1.165) is 6.07 Å². The van der Waals surface area contributed by atoms with Crippen LogP contribution in [-0.2, 0) is 21.5 Å². The first-order chi connectivity index (χ1) is 16.6. The van der Waals surface area contributed by atoms with Crippen LogP contribution >= 0.6 is 0 Å². The molecule has 10 nitrogen and oxygen atoms in total. The highest BCUT2D eigenvalue weighted by molar-refractivity contribution is 7.86. The lowest BCUT2D eigenvalue weighted by molar-refractivity contribution is 0.0971. The van der Waals surface area contributed by atoms with Crippen molar-refractivity contribution in [3.8, 4) is 11.5 Å². The van der Waals surface area contributed by atoms with E-state index < -0.39 is 71.7 Å². The molecule has 2 N–H and O–H groups in total. The Hall–Kier alpha value is -3.84. The highest BCUT2D eigenvalue weighted by Crippen LogP contribution is 2.39. The molecule has 0 saturated carbocycles. The Bertz CT molecular complexity index is 1610. The van der Waals surface area contributed by atoms with Crippen molar-refractivity contribution < 1.29 is 40.2 Å². The number of carbonyl (C=O) groups excluding carboxylic acids is 1. The van der Waals surface area contributed by atoms with Gasteiger partial charge in [-0.2, -0.15) is 8.42 Å². The minimum absolute atomic E-state index is 0.220. The number of ketones is 1. The molecule has 0 bridgehead atoms. The molecule has 0 aliphatic heterocycles. The second-order valence-electron chi connectivity index (χ2n) is 7.29. The van der Waals surface area contributed by atoms with E-state index >= 15 is 0 Å². The van der Waals surface area contributed by atoms with Crippen LogP contribution in [-0.4, -0.2) is 32.6 Å². The first-order valence-electron chi connectivity index (χ1n) is 9.81. The van der Waals surface area contributed by atoms with Crippen molar-refractivity contribution in [3.63, 3.8) is 0 Å². The molecule has 0 saturated heterocycles. The van der Waals surface area contributed by atoms with Crippen LogP contribution in [0.15, 0.2) is 86.9 Å². The Morgan fingerprint density at radius 2 is 1.63 bits per heavy atom. The molecule has 0 aliphatic carbocycles. The summed E-state index contributed by atoms with van der Waals surface area (Å²) in [5, 5.41) is 10.6. The molecule has 1 heterocycles. The average Bonchev–Trinajstić information content (AvgIpc) is 2.81. The number of hydrogen-bond donors (Lipinski definition) is 2. The molecule has 0 aliphatic rings. The molecule has 180 valence electrons. The van der Waals surface area contributed by atoms with E-state index in [4.69, 9.17) is 4.42 Å². The summed E-state index contributed by atoms with van der Waals surface area (Å²) < 4.78 is 65.0. The summed E-state index contributed by atoms with van der Waals surface area (Å²) in [5.74, 6) is -3.38. The van der Waals surface area contributed by atoms with E-state index in [9.17, 15) is 36.4 Å². The van der Waals surface area contributed by atoms with Crippen LogP contribution in [0.25, 0.3) is 11.0 Å². The predicted molar refractivity (Wildman–Crippen MR) is 123 cm³/mol. The van der Waals surface area contributed by atoms with Gasteiger partial charge >= 0.3 is 5.63 Å². The molecule has 4 rings (SSSR count). The normalized spacial score (nSPS) is 13.3. The Morgan fingerprint density at radius 1 is 1.03 bits per heavy atom. The van der Waals surface area contributed by atoms with E-state index in [2.05, 4.69) is 4.18 Å². The number of benzene rings is 3. The lowest BCUT2D eigenvalue weighted by Crippen LogP contribution is -2.22. The Balaban J connectivity index is 2.07. The van der Waals surface area contributed by atoms with Gasteiger partial charge in [0.2, 0.25) is 0 Å². The van der Waals surface area contributed by atoms with Crippen molar-refractivity contribution in [2.45, 2.75) is 10.8 Å². The molecule has 4 aromatic rings. The minimum Gasteiger partial charge on any atom is -0.740 e. The van der Waals surface area contributed by atoms with Gasteiger partial charge in [0.15, 0.2) is 11.4 Å². The number of hydrogen-bond acceptors (Lipinski definition) is 9. The first kappa shape index (κ1) is 24.3. The molecule has 1 aromatic heterocycles. The standard InChI is InChI=1S/C23H16O10S2/c24-20(14-9-5-2-6-10-14)18(13-7-3-1-4-8-13)19-21(25)16-11-15(33-34(27)28)12-17(35(29,30)31)22(16)32-23(19)26/h1-12,18,25H,(H,27,28)(H,29,30,31)/p-1. The summed E-state index contributed by atoms with van der Waals surface area (Å²) >= 11 is -3.14. The number of carbonyl (C=O) groups is 1. The molecule has 0 fully saturated rings. The molecular weight excluding hydrogens is 500 g/mol. The SMILES string of the molecule is O=C(c1ccccc1)C(c1ccccc1)c1c(O)c2cc(OS(=O)[O-])cc(S(=O)(=O)O)c2oc1=O. The van der Waals surface area contributed by atoms with Gasteiger partial charge in [0.25, 0.3) is 10.1 Å². The van der Waals surface area contributed by atoms with Gasteiger partial charge in [0.1, 0.15) is 27.8 Å². The summed E-state index contributed by atoms with van der Waals surface area (Å²) in [7, 11) is -5.06. The van der Waals surface area contributed by atoms with Crippen LogP contribution in [0.3, 0.4) is 0 Å². The van der Waals surface area contributed by atoms with Crippen molar-refractivity contribution in [1.29, 1.82) is 0 Å². The third-order valence-electron chi connectivity index (χ3n) is 5.14. The summed E-state index contributed by atoms with van der Waals surface area (Å²) in [5.41, 5.74) is -1.95. The molecular formula is C23H15O10S2-. The van der Waals surface area contributed by atoms with E-state index in [1.54, 1.807) is 48.5 Å². The fraction of sp³-hybridized carbons (Fsp3) is 0.0435. The quantitative estimate of drug-likeness (QED) is 0.161. The second kappa shape index (κ2) is 9.43. The first-order valence-corrected chi connectivity index (χ1v) is 12.2. The molecule has 35 heavy (non-hydrogen) atoms. The molecule has 0 radical (unpaired) electrons. The van der Waals surface area contributed by atoms with Crippen LogP contribution in [0.1, 0.15) is 27.4 Å². The van der Waals surface area contributed by atoms with Crippen LogP contribution in [0.4, 0.5) is 0 Å². The molecule has 3 aromatic carbocycles. The van der Waals surface area contributed by atoms with E-state index in [1.165, 1.54) is 12.1 Å². The molecule has 0 amide bonds. The van der Waals surface area contributed by atoms with Gasteiger partial charge in [-0.05, 0) is 11.6 Å². The third-order valence-corrected chi connectivity index (χ3v) is 6.33. The summed E-state index contributed by atoms with van der Waals surface area (Å²) in [6.07, 6.45) is 0. The molecule has 2 unspecified atom stereocenters. The minimum atomic E-state index is -5.06. The van der Waals surface area contributed by atoms with E-state index in [-0.39, 0.29) is 5.56 Å². The van der Waals surface area contributed by atoms with Crippen LogP contribution in [0.2, 0.25) is 0 Å². The number of rotatable bonds is 7. The van der Waals surface area contributed by atoms with Gasteiger partial charge in [-0.25, -0.2) is 9.00 Å². The second-order valence-corrected chi connectivity index (χ2v) is 9.25. The smallest absolute Gasteiger partial charge is 0.344 e. The number of fused-ring (bicyclic) bond motifs is 1. The Morgan fingerprint density at radius 3 is 2.20 bits per heavy atom. The van der Waals surface area contributed by atoms with Gasteiger partial charge in [-0.1, -0.05) is 60.7 Å². The predicted octanol–water partition coefficient (Wildman–Crippen LogP) is 2.93. The maximum absolute atomic E-state index is 13.5. The summed E-state index contributed by atoms with van der Waals surface area (Å²) in [6, 6.07) is 17.5. The van der Waals surface area contributed by atoms with Crippen LogP contribution in [0, 0.1) is 0 Å². The topological polar surface area (TPSA) is 171 Å². The van der Waals surface area contributed by atoms with E-state index in [0.29, 0.717) is 11.6 Å². The maximum atomic E-state index is 13.5. The monoisotopic (exact) mass is 515 g/mol. The summed E-state index contributed by atoms with van der Waals surface area (Å²) in [6.45, 7) is 0. The molecule has 12 heteroatoms. The Kier molecular flexibility index (Phi) is 6.54. The van der Waals surface area contributed by atoms with Crippen LogP contribution in [0.5, 0.6) is 11.5 Å². The fourth-order valence-corrected chi connectivity index (χ4v) is 4.59. The average molecular weight is 515 g/mol. The van der Waals surface area contributed by atoms with Crippen molar-refractivity contribution in [2.75, 3.05) is 0 Å². The Labute approximate surface area is 200 Å². The highest BCUT2D eigenvalue weighted by Gasteiger charge is 2.33. The lowest BCUT2D eigenvalue weighted by Gasteiger charge is -2.18. The van der Waals surface area contributed by atoms with Gasteiger partial charge in [-0.15, -0.1) is 0 Å². The van der Waals surface area contributed by atoms with Crippen molar-refractivity contribution in [2.24, 2.45) is 0 Å².